The number of hydrogen-bond acceptors (Lipinski definition) is 3. The van der Waals surface area contributed by atoms with Crippen molar-refractivity contribution in [3.8, 4) is 11.8 Å². The maximum Gasteiger partial charge on any atom is 0.303 e. The Kier molecular flexibility index (Phi) is 4.16. The highest BCUT2D eigenvalue weighted by atomic mass is 16.5. The summed E-state index contributed by atoms with van der Waals surface area (Å²) < 4.78 is 4.86. The molecule has 1 atom stereocenters. The fourth-order valence-electron chi connectivity index (χ4n) is 1.78. The SMILES string of the molecule is CC(=O)OC(C)C#CC1(O)CCCCC1. The van der Waals surface area contributed by atoms with Crippen LogP contribution in [0.4, 0.5) is 0 Å². The lowest BCUT2D eigenvalue weighted by atomic mass is 9.85. The van der Waals surface area contributed by atoms with Crippen LogP contribution in [0.1, 0.15) is 46.0 Å². The summed E-state index contributed by atoms with van der Waals surface area (Å²) in [7, 11) is 0. The molecule has 0 amide bonds. The maximum atomic E-state index is 10.6. The summed E-state index contributed by atoms with van der Waals surface area (Å²) in [4.78, 5) is 10.6. The Balaban J connectivity index is 2.51. The lowest BCUT2D eigenvalue weighted by Crippen LogP contribution is -2.29. The first kappa shape index (κ1) is 12.1. The summed E-state index contributed by atoms with van der Waals surface area (Å²) in [5, 5.41) is 10.0. The van der Waals surface area contributed by atoms with Crippen LogP contribution in [0.25, 0.3) is 0 Å². The highest BCUT2D eigenvalue weighted by Crippen LogP contribution is 2.27. The fraction of sp³-hybridized carbons (Fsp3) is 0.750. The van der Waals surface area contributed by atoms with Gasteiger partial charge in [-0.1, -0.05) is 18.3 Å². The molecule has 0 spiro atoms. The third kappa shape index (κ3) is 4.35. The van der Waals surface area contributed by atoms with Crippen LogP contribution in [0.15, 0.2) is 0 Å². The van der Waals surface area contributed by atoms with Crippen LogP contribution >= 0.6 is 0 Å². The van der Waals surface area contributed by atoms with E-state index in [1.165, 1.54) is 13.3 Å². The number of hydrogen-bond donors (Lipinski definition) is 1. The van der Waals surface area contributed by atoms with Gasteiger partial charge >= 0.3 is 5.97 Å². The number of ether oxygens (including phenoxy) is 1. The number of carbonyl (C=O) groups is 1. The van der Waals surface area contributed by atoms with Gasteiger partial charge < -0.3 is 9.84 Å². The molecule has 84 valence electrons. The molecule has 3 heteroatoms. The molecule has 0 aliphatic heterocycles. The highest BCUT2D eigenvalue weighted by Gasteiger charge is 2.26. The molecule has 1 aliphatic rings. The van der Waals surface area contributed by atoms with Gasteiger partial charge in [0.05, 0.1) is 0 Å². The minimum Gasteiger partial charge on any atom is -0.450 e. The van der Waals surface area contributed by atoms with E-state index in [4.69, 9.17) is 4.74 Å². The van der Waals surface area contributed by atoms with Gasteiger partial charge in [0, 0.05) is 6.92 Å². The number of rotatable bonds is 1. The zero-order valence-electron chi connectivity index (χ0n) is 9.38. The second-order valence-corrected chi connectivity index (χ2v) is 4.11. The zero-order valence-corrected chi connectivity index (χ0v) is 9.38. The molecule has 1 saturated carbocycles. The van der Waals surface area contributed by atoms with E-state index >= 15 is 0 Å². The third-order valence-corrected chi connectivity index (χ3v) is 2.53. The van der Waals surface area contributed by atoms with Crippen molar-refractivity contribution in [2.24, 2.45) is 0 Å². The van der Waals surface area contributed by atoms with E-state index in [2.05, 4.69) is 11.8 Å². The van der Waals surface area contributed by atoms with Crippen molar-refractivity contribution in [1.29, 1.82) is 0 Å². The standard InChI is InChI=1S/C12H18O3/c1-10(15-11(2)13)6-9-12(14)7-4-3-5-8-12/h10,14H,3-5,7-8H2,1-2H3. The predicted molar refractivity (Wildman–Crippen MR) is 57.0 cm³/mol. The lowest BCUT2D eigenvalue weighted by molar-refractivity contribution is -0.143. The lowest BCUT2D eigenvalue weighted by Gasteiger charge is -2.26. The molecule has 0 heterocycles. The van der Waals surface area contributed by atoms with Crippen molar-refractivity contribution >= 4 is 5.97 Å². The van der Waals surface area contributed by atoms with Crippen molar-refractivity contribution in [2.75, 3.05) is 0 Å². The Bertz CT molecular complexity index is 279. The molecule has 0 aromatic rings. The monoisotopic (exact) mass is 210 g/mol. The Labute approximate surface area is 90.8 Å². The van der Waals surface area contributed by atoms with Gasteiger partial charge in [-0.15, -0.1) is 0 Å². The fourth-order valence-corrected chi connectivity index (χ4v) is 1.78. The Morgan fingerprint density at radius 2 is 2.00 bits per heavy atom. The summed E-state index contributed by atoms with van der Waals surface area (Å²) in [6.45, 7) is 3.06. The highest BCUT2D eigenvalue weighted by molar-refractivity contribution is 5.66. The summed E-state index contributed by atoms with van der Waals surface area (Å²) in [6, 6.07) is 0. The van der Waals surface area contributed by atoms with Crippen molar-refractivity contribution in [2.45, 2.75) is 57.7 Å². The normalized spacial score (nSPS) is 21.0. The van der Waals surface area contributed by atoms with Crippen molar-refractivity contribution in [3.05, 3.63) is 0 Å². The van der Waals surface area contributed by atoms with E-state index in [1.54, 1.807) is 6.92 Å². The van der Waals surface area contributed by atoms with E-state index in [1.807, 2.05) is 0 Å². The first-order valence-corrected chi connectivity index (χ1v) is 5.44. The van der Waals surface area contributed by atoms with Crippen molar-refractivity contribution < 1.29 is 14.6 Å². The van der Waals surface area contributed by atoms with Gasteiger partial charge in [-0.2, -0.15) is 0 Å². The molecular weight excluding hydrogens is 192 g/mol. The van der Waals surface area contributed by atoms with Gasteiger partial charge in [-0.25, -0.2) is 0 Å². The molecule has 0 saturated heterocycles. The van der Waals surface area contributed by atoms with Gasteiger partial charge in [0.2, 0.25) is 0 Å². The van der Waals surface area contributed by atoms with Crippen LogP contribution in [0.2, 0.25) is 0 Å². The average Bonchev–Trinajstić information content (AvgIpc) is 2.15. The van der Waals surface area contributed by atoms with Crippen LogP contribution in [0.3, 0.4) is 0 Å². The first-order chi connectivity index (χ1) is 7.02. The molecule has 1 N–H and O–H groups in total. The van der Waals surface area contributed by atoms with E-state index in [0.29, 0.717) is 0 Å². The molecule has 0 radical (unpaired) electrons. The minimum absolute atomic E-state index is 0.340. The van der Waals surface area contributed by atoms with Gasteiger partial charge in [0.25, 0.3) is 0 Å². The van der Waals surface area contributed by atoms with Gasteiger partial charge in [-0.3, -0.25) is 4.79 Å². The largest absolute Gasteiger partial charge is 0.450 e. The third-order valence-electron chi connectivity index (χ3n) is 2.53. The topological polar surface area (TPSA) is 46.5 Å². The molecule has 1 rings (SSSR count). The van der Waals surface area contributed by atoms with Crippen molar-refractivity contribution in [3.63, 3.8) is 0 Å². The summed E-state index contributed by atoms with van der Waals surface area (Å²) >= 11 is 0. The average molecular weight is 210 g/mol. The summed E-state index contributed by atoms with van der Waals surface area (Å²) in [6.07, 6.45) is 4.23. The maximum absolute atomic E-state index is 10.6. The van der Waals surface area contributed by atoms with Crippen LogP contribution in [-0.2, 0) is 9.53 Å². The number of esters is 1. The minimum atomic E-state index is -0.855. The summed E-state index contributed by atoms with van der Waals surface area (Å²) in [5.74, 6) is 5.27. The second-order valence-electron chi connectivity index (χ2n) is 4.11. The van der Waals surface area contributed by atoms with Crippen molar-refractivity contribution in [1.82, 2.24) is 0 Å². The molecule has 15 heavy (non-hydrogen) atoms. The Hall–Kier alpha value is -1.01. The molecule has 3 nitrogen and oxygen atoms in total. The molecular formula is C12H18O3. The summed E-state index contributed by atoms with van der Waals surface area (Å²) in [5.41, 5.74) is -0.855. The second kappa shape index (κ2) is 5.18. The molecule has 0 aromatic heterocycles. The van der Waals surface area contributed by atoms with E-state index in [9.17, 15) is 9.90 Å². The quantitative estimate of drug-likeness (QED) is 0.528. The van der Waals surface area contributed by atoms with E-state index in [0.717, 1.165) is 25.7 Å². The molecule has 0 bridgehead atoms. The number of aliphatic hydroxyl groups is 1. The van der Waals surface area contributed by atoms with E-state index < -0.39 is 11.7 Å². The number of carbonyl (C=O) groups excluding carboxylic acids is 1. The first-order valence-electron chi connectivity index (χ1n) is 5.44. The Morgan fingerprint density at radius 3 is 2.53 bits per heavy atom. The van der Waals surface area contributed by atoms with Crippen LogP contribution < -0.4 is 0 Å². The smallest absolute Gasteiger partial charge is 0.303 e. The van der Waals surface area contributed by atoms with Crippen LogP contribution in [0, 0.1) is 11.8 Å². The van der Waals surface area contributed by atoms with Gasteiger partial charge in [0.1, 0.15) is 5.60 Å². The molecule has 1 aliphatic carbocycles. The van der Waals surface area contributed by atoms with Gasteiger partial charge in [-0.05, 0) is 32.6 Å². The molecule has 1 unspecified atom stereocenters. The van der Waals surface area contributed by atoms with E-state index in [-0.39, 0.29) is 5.97 Å². The predicted octanol–water partition coefficient (Wildman–Crippen LogP) is 1.64. The zero-order chi connectivity index (χ0) is 11.3. The molecule has 1 fully saturated rings. The van der Waals surface area contributed by atoms with Gasteiger partial charge in [0.15, 0.2) is 6.10 Å². The van der Waals surface area contributed by atoms with Crippen LogP contribution in [-0.4, -0.2) is 22.8 Å². The Morgan fingerprint density at radius 1 is 1.40 bits per heavy atom. The van der Waals surface area contributed by atoms with Crippen LogP contribution in [0.5, 0.6) is 0 Å². The molecule has 0 aromatic carbocycles.